The normalized spacial score (nSPS) is 21.5. The van der Waals surface area contributed by atoms with Crippen LogP contribution in [0.3, 0.4) is 0 Å². The Morgan fingerprint density at radius 3 is 2.16 bits per heavy atom. The number of esters is 3. The summed E-state index contributed by atoms with van der Waals surface area (Å²) in [5.74, 6) is -6.65. The molecule has 0 radical (unpaired) electrons. The maximum Gasteiger partial charge on any atom is 0.348 e. The minimum Gasteiger partial charge on any atom is -0.457 e. The number of ether oxygens (including phenoxy) is 4. The van der Waals surface area contributed by atoms with Crippen LogP contribution in [0.2, 0.25) is 0 Å². The summed E-state index contributed by atoms with van der Waals surface area (Å²) in [6, 6.07) is 0. The van der Waals surface area contributed by atoms with Crippen molar-refractivity contribution in [2.45, 2.75) is 83.9 Å². The first kappa shape index (κ1) is 24.3. The largest absolute Gasteiger partial charge is 0.457 e. The van der Waals surface area contributed by atoms with Gasteiger partial charge in [0.05, 0.1) is 12.8 Å². The summed E-state index contributed by atoms with van der Waals surface area (Å²) in [6.45, 7) is 7.66. The molecule has 172 valence electrons. The molecule has 0 aromatic carbocycles. The standard InChI is InChI=1S/C19H25NO11/c1-18(2,3)29-16(25)10(8-15(24)31-20-12(21)6-7-13(20)22)27-14(23)9-11-17(26)30-19(4,5)28-11/h10-11H,6-9H2,1-5H3/t10-,11-/m0/s1. The highest BCUT2D eigenvalue weighted by Crippen LogP contribution is 2.26. The first-order valence-electron chi connectivity index (χ1n) is 9.56. The topological polar surface area (TPSA) is 152 Å². The van der Waals surface area contributed by atoms with Crippen molar-refractivity contribution in [3.05, 3.63) is 0 Å². The van der Waals surface area contributed by atoms with Crippen molar-refractivity contribution in [1.82, 2.24) is 5.06 Å². The number of hydroxylamine groups is 2. The third kappa shape index (κ3) is 7.02. The van der Waals surface area contributed by atoms with E-state index in [9.17, 15) is 28.8 Å². The predicted molar refractivity (Wildman–Crippen MR) is 97.2 cm³/mol. The average molecular weight is 443 g/mol. The van der Waals surface area contributed by atoms with Crippen LogP contribution in [0.5, 0.6) is 0 Å². The van der Waals surface area contributed by atoms with Gasteiger partial charge in [0.25, 0.3) is 11.8 Å². The number of nitrogens with zero attached hydrogens (tertiary/aromatic N) is 1. The molecular formula is C19H25NO11. The summed E-state index contributed by atoms with van der Waals surface area (Å²) >= 11 is 0. The van der Waals surface area contributed by atoms with E-state index >= 15 is 0 Å². The molecule has 2 saturated heterocycles. The van der Waals surface area contributed by atoms with E-state index in [-0.39, 0.29) is 12.8 Å². The van der Waals surface area contributed by atoms with Crippen molar-refractivity contribution in [2.75, 3.05) is 0 Å². The Morgan fingerprint density at radius 1 is 1.10 bits per heavy atom. The molecule has 2 atom stereocenters. The van der Waals surface area contributed by atoms with Crippen LogP contribution in [0, 0.1) is 0 Å². The Kier molecular flexibility index (Phi) is 7.04. The van der Waals surface area contributed by atoms with Gasteiger partial charge in [-0.1, -0.05) is 0 Å². The fraction of sp³-hybridized carbons (Fsp3) is 0.684. The number of hydrogen-bond acceptors (Lipinski definition) is 11. The maximum absolute atomic E-state index is 12.4. The highest BCUT2D eigenvalue weighted by molar-refractivity contribution is 6.01. The zero-order valence-corrected chi connectivity index (χ0v) is 17.9. The van der Waals surface area contributed by atoms with Crippen LogP contribution in [0.4, 0.5) is 0 Å². The molecule has 0 bridgehead atoms. The molecule has 0 spiro atoms. The van der Waals surface area contributed by atoms with Crippen LogP contribution in [-0.4, -0.2) is 64.4 Å². The van der Waals surface area contributed by atoms with Crippen molar-refractivity contribution in [1.29, 1.82) is 0 Å². The summed E-state index contributed by atoms with van der Waals surface area (Å²) in [5.41, 5.74) is -0.963. The van der Waals surface area contributed by atoms with Crippen LogP contribution >= 0.6 is 0 Å². The fourth-order valence-electron chi connectivity index (χ4n) is 2.69. The number of carbonyl (C=O) groups excluding carboxylic acids is 6. The molecular weight excluding hydrogens is 418 g/mol. The van der Waals surface area contributed by atoms with E-state index in [1.54, 1.807) is 20.8 Å². The summed E-state index contributed by atoms with van der Waals surface area (Å²) in [6.07, 6.45) is -4.58. The van der Waals surface area contributed by atoms with Gasteiger partial charge in [-0.3, -0.25) is 14.4 Å². The highest BCUT2D eigenvalue weighted by Gasteiger charge is 2.43. The van der Waals surface area contributed by atoms with Crippen LogP contribution in [0.25, 0.3) is 0 Å². The molecule has 12 nitrogen and oxygen atoms in total. The van der Waals surface area contributed by atoms with E-state index in [0.29, 0.717) is 5.06 Å². The van der Waals surface area contributed by atoms with E-state index in [1.165, 1.54) is 13.8 Å². The summed E-state index contributed by atoms with van der Waals surface area (Å²) in [4.78, 5) is 76.5. The van der Waals surface area contributed by atoms with E-state index in [2.05, 4.69) is 0 Å². The Balaban J connectivity index is 2.04. The number of rotatable bonds is 7. The molecule has 0 aromatic heterocycles. The van der Waals surface area contributed by atoms with Crippen molar-refractivity contribution < 1.29 is 52.6 Å². The second-order valence-corrected chi connectivity index (χ2v) is 8.39. The molecule has 12 heteroatoms. The molecule has 2 rings (SSSR count). The zero-order valence-electron chi connectivity index (χ0n) is 17.9. The lowest BCUT2D eigenvalue weighted by Crippen LogP contribution is -2.39. The van der Waals surface area contributed by atoms with Crippen LogP contribution < -0.4 is 0 Å². The molecule has 0 unspecified atom stereocenters. The van der Waals surface area contributed by atoms with Gasteiger partial charge in [0, 0.05) is 26.7 Å². The zero-order chi connectivity index (χ0) is 23.6. The van der Waals surface area contributed by atoms with Crippen molar-refractivity contribution in [2.24, 2.45) is 0 Å². The van der Waals surface area contributed by atoms with Crippen molar-refractivity contribution in [3.63, 3.8) is 0 Å². The minimum absolute atomic E-state index is 0.107. The average Bonchev–Trinajstić information content (AvgIpc) is 3.03. The lowest BCUT2D eigenvalue weighted by molar-refractivity contribution is -0.201. The molecule has 2 amide bonds. The van der Waals surface area contributed by atoms with Crippen LogP contribution in [0.1, 0.15) is 60.3 Å². The van der Waals surface area contributed by atoms with Crippen molar-refractivity contribution >= 4 is 35.7 Å². The molecule has 0 aliphatic carbocycles. The minimum atomic E-state index is -1.74. The molecule has 2 aliphatic heterocycles. The third-order valence-electron chi connectivity index (χ3n) is 3.88. The van der Waals surface area contributed by atoms with E-state index < -0.39 is 72.1 Å². The van der Waals surface area contributed by atoms with Crippen LogP contribution in [-0.2, 0) is 52.6 Å². The third-order valence-corrected chi connectivity index (χ3v) is 3.88. The SMILES string of the molecule is CC(C)(C)OC(=O)[C@H](CC(=O)ON1C(=O)CCC1=O)OC(=O)C[C@@H]1OC(C)(C)OC1=O. The van der Waals surface area contributed by atoms with Gasteiger partial charge in [0.15, 0.2) is 6.10 Å². The molecule has 2 fully saturated rings. The number of amides is 2. The van der Waals surface area contributed by atoms with Gasteiger partial charge >= 0.3 is 23.9 Å². The number of imide groups is 1. The van der Waals surface area contributed by atoms with E-state index in [4.69, 9.17) is 23.8 Å². The maximum atomic E-state index is 12.4. The number of hydrogen-bond donors (Lipinski definition) is 0. The number of carbonyl (C=O) groups is 6. The molecule has 0 saturated carbocycles. The lowest BCUT2D eigenvalue weighted by atomic mass is 10.2. The lowest BCUT2D eigenvalue weighted by Gasteiger charge is -2.24. The highest BCUT2D eigenvalue weighted by atomic mass is 16.8. The van der Waals surface area contributed by atoms with E-state index in [0.717, 1.165) is 0 Å². The van der Waals surface area contributed by atoms with Gasteiger partial charge in [0.1, 0.15) is 5.60 Å². The fourth-order valence-corrected chi connectivity index (χ4v) is 2.69. The van der Waals surface area contributed by atoms with Crippen molar-refractivity contribution in [3.8, 4) is 0 Å². The molecule has 2 heterocycles. The van der Waals surface area contributed by atoms with Gasteiger partial charge in [-0.15, -0.1) is 5.06 Å². The summed E-state index contributed by atoms with van der Waals surface area (Å²) in [7, 11) is 0. The Bertz CT molecular complexity index is 779. The van der Waals surface area contributed by atoms with Gasteiger partial charge in [-0.05, 0) is 20.8 Å². The quantitative estimate of drug-likeness (QED) is 0.303. The molecule has 0 aromatic rings. The Hall–Kier alpha value is -3.02. The smallest absolute Gasteiger partial charge is 0.348 e. The molecule has 31 heavy (non-hydrogen) atoms. The predicted octanol–water partition coefficient (Wildman–Crippen LogP) is 0.305. The first-order valence-corrected chi connectivity index (χ1v) is 9.56. The van der Waals surface area contributed by atoms with Gasteiger partial charge < -0.3 is 23.8 Å². The van der Waals surface area contributed by atoms with Gasteiger partial charge in [0.2, 0.25) is 11.9 Å². The van der Waals surface area contributed by atoms with Gasteiger partial charge in [-0.2, -0.15) is 0 Å². The monoisotopic (exact) mass is 443 g/mol. The first-order chi connectivity index (χ1) is 14.2. The molecule has 2 aliphatic rings. The molecule has 0 N–H and O–H groups in total. The Morgan fingerprint density at radius 2 is 1.68 bits per heavy atom. The van der Waals surface area contributed by atoms with Gasteiger partial charge in [-0.25, -0.2) is 14.4 Å². The second kappa shape index (κ2) is 9.00. The summed E-state index contributed by atoms with van der Waals surface area (Å²) in [5, 5.41) is 0.306. The second-order valence-electron chi connectivity index (χ2n) is 8.39. The summed E-state index contributed by atoms with van der Waals surface area (Å²) < 4.78 is 20.4. The van der Waals surface area contributed by atoms with E-state index in [1.807, 2.05) is 0 Å². The Labute approximate surface area is 178 Å². The number of cyclic esters (lactones) is 1. The van der Waals surface area contributed by atoms with Crippen LogP contribution in [0.15, 0.2) is 0 Å².